The molecule has 4 nitrogen and oxygen atoms in total. The van der Waals surface area contributed by atoms with Crippen molar-refractivity contribution >= 4 is 10.1 Å². The molecular weight excluding hydrogens is 328 g/mol. The summed E-state index contributed by atoms with van der Waals surface area (Å²) >= 11 is 0. The molecule has 128 valence electrons. The van der Waals surface area contributed by atoms with Gasteiger partial charge in [-0.25, -0.2) is 26.3 Å². The predicted octanol–water partition coefficient (Wildman–Crippen LogP) is 1.67. The fourth-order valence-electron chi connectivity index (χ4n) is 0.953. The Hall–Kier alpha value is -0.810. The molecular formula is C10H17F6NO3S. The highest BCUT2D eigenvalue weighted by Crippen LogP contribution is 2.22. The zero-order valence-corrected chi connectivity index (χ0v) is 11.6. The van der Waals surface area contributed by atoms with E-state index < -0.39 is 53.4 Å². The van der Waals surface area contributed by atoms with Crippen molar-refractivity contribution in [1.29, 1.82) is 0 Å². The van der Waals surface area contributed by atoms with Gasteiger partial charge in [-0.05, 0) is 0 Å². The minimum atomic E-state index is -4.93. The van der Waals surface area contributed by atoms with Gasteiger partial charge in [0, 0.05) is 6.54 Å². The maximum atomic E-state index is 12.8. The Kier molecular flexibility index (Phi) is 11.6. The average Bonchev–Trinajstić information content (AvgIpc) is 2.42. The van der Waals surface area contributed by atoms with Crippen molar-refractivity contribution in [3.8, 4) is 0 Å². The lowest BCUT2D eigenvalue weighted by Crippen LogP contribution is -2.42. The van der Waals surface area contributed by atoms with E-state index in [2.05, 4.69) is 6.58 Å². The Morgan fingerprint density at radius 2 is 1.43 bits per heavy atom. The lowest BCUT2D eigenvalue weighted by atomic mass is 10.1. The van der Waals surface area contributed by atoms with Crippen molar-refractivity contribution < 1.29 is 39.3 Å². The predicted molar refractivity (Wildman–Crippen MR) is 66.1 cm³/mol. The molecule has 0 aromatic rings. The second-order valence-electron chi connectivity index (χ2n) is 3.79. The van der Waals surface area contributed by atoms with Gasteiger partial charge in [-0.2, -0.15) is 8.42 Å². The maximum Gasteiger partial charge on any atom is 0.267 e. The molecule has 0 aliphatic heterocycles. The summed E-state index contributed by atoms with van der Waals surface area (Å²) in [5, 5.41) is 0. The monoisotopic (exact) mass is 345 g/mol. The summed E-state index contributed by atoms with van der Waals surface area (Å²) in [6.07, 6.45) is -14.3. The number of hydrogen-bond donors (Lipinski definition) is 2. The number of rotatable bonds is 8. The molecule has 0 heterocycles. The summed E-state index contributed by atoms with van der Waals surface area (Å²) in [5.41, 5.74) is 4.91. The van der Waals surface area contributed by atoms with Gasteiger partial charge in [0.05, 0.1) is 0 Å². The van der Waals surface area contributed by atoms with Crippen molar-refractivity contribution in [2.45, 2.75) is 30.9 Å². The number of hydrogen-bond acceptors (Lipinski definition) is 3. The summed E-state index contributed by atoms with van der Waals surface area (Å²) in [5.74, 6) is -1.80. The number of alkyl halides is 6. The minimum absolute atomic E-state index is 0.583. The van der Waals surface area contributed by atoms with Crippen LogP contribution in [0.2, 0.25) is 0 Å². The van der Waals surface area contributed by atoms with E-state index in [1.54, 1.807) is 6.08 Å². The van der Waals surface area contributed by atoms with Crippen LogP contribution in [0.15, 0.2) is 12.7 Å². The molecule has 0 saturated heterocycles. The Labute approximate surface area is 118 Å². The Balaban J connectivity index is 0. The first-order chi connectivity index (χ1) is 9.51. The zero-order chi connectivity index (χ0) is 17.2. The molecule has 0 aromatic heterocycles. The second kappa shape index (κ2) is 10.9. The molecule has 5 unspecified atom stereocenters. The highest BCUT2D eigenvalue weighted by atomic mass is 32.2. The molecule has 11 heteroatoms. The van der Waals surface area contributed by atoms with Gasteiger partial charge in [0.2, 0.25) is 0 Å². The van der Waals surface area contributed by atoms with Crippen molar-refractivity contribution in [2.75, 3.05) is 19.0 Å². The maximum absolute atomic E-state index is 12.8. The quantitative estimate of drug-likeness (QED) is 0.398. The fourth-order valence-corrected chi connectivity index (χ4v) is 1.54. The molecule has 0 radical (unpaired) electrons. The van der Waals surface area contributed by atoms with Gasteiger partial charge in [0.15, 0.2) is 30.9 Å². The van der Waals surface area contributed by atoms with Crippen molar-refractivity contribution in [3.63, 3.8) is 0 Å². The van der Waals surface area contributed by atoms with E-state index >= 15 is 0 Å². The molecule has 0 saturated carbocycles. The third kappa shape index (κ3) is 10.5. The first-order valence-corrected chi connectivity index (χ1v) is 7.15. The lowest BCUT2D eigenvalue weighted by Gasteiger charge is -2.20. The first kappa shape index (κ1) is 22.5. The van der Waals surface area contributed by atoms with Gasteiger partial charge in [-0.1, -0.05) is 6.08 Å². The molecule has 5 atom stereocenters. The van der Waals surface area contributed by atoms with Gasteiger partial charge in [-0.3, -0.25) is 4.55 Å². The first-order valence-electron chi connectivity index (χ1n) is 5.54. The van der Waals surface area contributed by atoms with Crippen LogP contribution in [-0.2, 0) is 10.1 Å². The smallest absolute Gasteiger partial charge is 0.267 e. The molecule has 3 N–H and O–H groups in total. The summed E-state index contributed by atoms with van der Waals surface area (Å²) in [6, 6.07) is 0. The van der Waals surface area contributed by atoms with Crippen LogP contribution in [0.5, 0.6) is 0 Å². The summed E-state index contributed by atoms with van der Waals surface area (Å²) in [4.78, 5) is 0. The minimum Gasteiger partial charge on any atom is -0.327 e. The molecule has 0 aliphatic carbocycles. The molecule has 0 aliphatic rings. The normalized spacial score (nSPS) is 18.7. The van der Waals surface area contributed by atoms with E-state index in [9.17, 15) is 34.8 Å². The van der Waals surface area contributed by atoms with Gasteiger partial charge in [0.25, 0.3) is 10.1 Å². The topological polar surface area (TPSA) is 80.4 Å². The van der Waals surface area contributed by atoms with Crippen molar-refractivity contribution in [1.82, 2.24) is 0 Å². The highest BCUT2D eigenvalue weighted by molar-refractivity contribution is 7.85. The third-order valence-electron chi connectivity index (χ3n) is 1.98. The van der Waals surface area contributed by atoms with E-state index in [4.69, 9.17) is 10.3 Å². The summed E-state index contributed by atoms with van der Waals surface area (Å²) in [7, 11) is -4.93. The van der Waals surface area contributed by atoms with E-state index in [1.165, 1.54) is 0 Å². The standard InChI is InChI=1S/C7H10F6O3S.C3H7N/c8-1-3(9)5(11)7(13)6(12)4(10)2-17(14,15)16;1-2-3-4/h3-7H,1-2H2,(H,14,15,16);2H,1,3-4H2. The molecule has 21 heavy (non-hydrogen) atoms. The molecule has 0 aromatic carbocycles. The van der Waals surface area contributed by atoms with Gasteiger partial charge in [-0.15, -0.1) is 6.58 Å². The Bertz CT molecular complexity index is 383. The van der Waals surface area contributed by atoms with Crippen LogP contribution in [0, 0.1) is 0 Å². The van der Waals surface area contributed by atoms with Gasteiger partial charge >= 0.3 is 0 Å². The Morgan fingerprint density at radius 1 is 1.05 bits per heavy atom. The van der Waals surface area contributed by atoms with Crippen molar-refractivity contribution in [2.24, 2.45) is 5.73 Å². The number of halogens is 6. The largest absolute Gasteiger partial charge is 0.327 e. The van der Waals surface area contributed by atoms with E-state index in [0.29, 0.717) is 6.54 Å². The van der Waals surface area contributed by atoms with Crippen LogP contribution in [0.4, 0.5) is 26.3 Å². The molecule has 0 fully saturated rings. The molecule has 0 rings (SSSR count). The summed E-state index contributed by atoms with van der Waals surface area (Å²) in [6.45, 7) is 2.01. The Morgan fingerprint density at radius 3 is 1.71 bits per heavy atom. The third-order valence-corrected chi connectivity index (χ3v) is 2.72. The van der Waals surface area contributed by atoms with Crippen LogP contribution < -0.4 is 5.73 Å². The lowest BCUT2D eigenvalue weighted by molar-refractivity contribution is 0.000251. The van der Waals surface area contributed by atoms with E-state index in [0.717, 1.165) is 0 Å². The average molecular weight is 345 g/mol. The van der Waals surface area contributed by atoms with Gasteiger partial charge < -0.3 is 5.73 Å². The van der Waals surface area contributed by atoms with E-state index in [1.807, 2.05) is 0 Å². The second-order valence-corrected chi connectivity index (χ2v) is 5.29. The molecule has 0 spiro atoms. The zero-order valence-electron chi connectivity index (χ0n) is 10.8. The van der Waals surface area contributed by atoms with Crippen LogP contribution in [0.1, 0.15) is 0 Å². The van der Waals surface area contributed by atoms with Crippen LogP contribution in [0.3, 0.4) is 0 Å². The number of nitrogens with two attached hydrogens (primary N) is 1. The molecule has 0 amide bonds. The van der Waals surface area contributed by atoms with Gasteiger partial charge in [0.1, 0.15) is 12.4 Å². The van der Waals surface area contributed by atoms with Crippen LogP contribution >= 0.6 is 0 Å². The van der Waals surface area contributed by atoms with Crippen molar-refractivity contribution in [3.05, 3.63) is 12.7 Å². The highest BCUT2D eigenvalue weighted by Gasteiger charge is 2.41. The van der Waals surface area contributed by atoms with E-state index in [-0.39, 0.29) is 0 Å². The molecule has 0 bridgehead atoms. The SMILES string of the molecule is C=CCN.O=S(=O)(O)CC(F)C(F)C(F)C(F)C(F)CF. The van der Waals surface area contributed by atoms with Crippen LogP contribution in [-0.4, -0.2) is 62.8 Å². The fraction of sp³-hybridized carbons (Fsp3) is 0.800. The summed E-state index contributed by atoms with van der Waals surface area (Å²) < 4.78 is 103. The van der Waals surface area contributed by atoms with Crippen LogP contribution in [0.25, 0.3) is 0 Å².